The van der Waals surface area contributed by atoms with Crippen LogP contribution in [0.25, 0.3) is 0 Å². The van der Waals surface area contributed by atoms with Crippen LogP contribution in [0.5, 0.6) is 11.5 Å². The molecule has 1 aliphatic heterocycles. The Morgan fingerprint density at radius 2 is 2.07 bits per heavy atom. The van der Waals surface area contributed by atoms with Gasteiger partial charge in [-0.15, -0.1) is 5.10 Å². The number of hydrogen-bond acceptors (Lipinski definition) is 8. The van der Waals surface area contributed by atoms with Crippen molar-refractivity contribution in [3.05, 3.63) is 23.3 Å². The molecule has 13 heteroatoms. The smallest absolute Gasteiger partial charge is 0.410 e. The summed E-state index contributed by atoms with van der Waals surface area (Å²) in [6, 6.07) is 2.47. The number of benzene rings is 1. The van der Waals surface area contributed by atoms with Gasteiger partial charge >= 0.3 is 6.09 Å². The molecular weight excluding hydrogens is 453 g/mol. The van der Waals surface area contributed by atoms with Crippen LogP contribution in [0.4, 0.5) is 4.79 Å². The summed E-state index contributed by atoms with van der Waals surface area (Å²) in [5.74, 6) is -0.102. The number of alkyl halides is 3. The van der Waals surface area contributed by atoms with Crippen LogP contribution in [-0.4, -0.2) is 64.1 Å². The maximum absolute atomic E-state index is 12.6. The molecule has 152 valence electrons. The third-order valence-electron chi connectivity index (χ3n) is 4.14. The van der Waals surface area contributed by atoms with Gasteiger partial charge in [-0.1, -0.05) is 46.6 Å². The van der Waals surface area contributed by atoms with E-state index in [4.69, 9.17) is 39.5 Å². The predicted molar refractivity (Wildman–Crippen MR) is 104 cm³/mol. The van der Waals surface area contributed by atoms with Gasteiger partial charge in [0.15, 0.2) is 11.5 Å². The maximum Gasteiger partial charge on any atom is 0.410 e. The first-order chi connectivity index (χ1) is 13.2. The number of tetrazole rings is 1. The molecule has 0 spiro atoms. The molecule has 0 fully saturated rings. The number of halogens is 3. The van der Waals surface area contributed by atoms with Crippen LogP contribution in [0.15, 0.2) is 17.3 Å². The molecule has 1 unspecified atom stereocenters. The lowest BCUT2D eigenvalue weighted by atomic mass is 9.93. The van der Waals surface area contributed by atoms with E-state index in [1.165, 1.54) is 33.5 Å². The van der Waals surface area contributed by atoms with Crippen molar-refractivity contribution in [2.24, 2.45) is 7.05 Å². The van der Waals surface area contributed by atoms with E-state index >= 15 is 0 Å². The van der Waals surface area contributed by atoms with Crippen molar-refractivity contribution in [1.29, 1.82) is 0 Å². The number of carbonyl (C=O) groups excluding carboxylic acids is 1. The Balaban J connectivity index is 1.86. The number of nitrogens with zero attached hydrogens (tertiary/aromatic N) is 5. The standard InChI is InChI=1S/C15H16Cl3N5O4S/c1-22-13(19-20-21-22)28-6-10-9-5-12(25)11(24)4-8(9)2-3-23(10)14(26)27-7-15(16,17)18/h4-5,10,24-25H,2-3,6-7H2,1H3. The Morgan fingerprint density at radius 1 is 1.36 bits per heavy atom. The molecule has 28 heavy (non-hydrogen) atoms. The summed E-state index contributed by atoms with van der Waals surface area (Å²) in [5.41, 5.74) is 1.51. The highest BCUT2D eigenvalue weighted by atomic mass is 35.6. The minimum Gasteiger partial charge on any atom is -0.504 e. The Bertz CT molecular complexity index is 876. The molecule has 2 heterocycles. The number of phenolic OH excluding ortho intramolecular Hbond substituents is 2. The van der Waals surface area contributed by atoms with Crippen molar-refractivity contribution in [2.45, 2.75) is 21.4 Å². The molecule has 1 amide bonds. The number of ether oxygens (including phenoxy) is 1. The van der Waals surface area contributed by atoms with Crippen LogP contribution in [-0.2, 0) is 18.2 Å². The predicted octanol–water partition coefficient (Wildman–Crippen LogP) is 2.82. The first-order valence-corrected chi connectivity index (χ1v) is 10.2. The highest BCUT2D eigenvalue weighted by molar-refractivity contribution is 7.99. The molecule has 3 rings (SSSR count). The molecule has 1 atom stereocenters. The molecule has 0 saturated carbocycles. The first-order valence-electron chi connectivity index (χ1n) is 8.06. The fraction of sp³-hybridized carbons (Fsp3) is 0.467. The van der Waals surface area contributed by atoms with Gasteiger partial charge in [0.2, 0.25) is 8.95 Å². The normalized spacial score (nSPS) is 16.7. The van der Waals surface area contributed by atoms with E-state index in [0.717, 1.165) is 5.56 Å². The number of phenols is 2. The molecule has 1 aromatic heterocycles. The number of aromatic nitrogens is 4. The summed E-state index contributed by atoms with van der Waals surface area (Å²) >= 11 is 18.3. The van der Waals surface area contributed by atoms with Crippen LogP contribution in [0.2, 0.25) is 0 Å². The number of rotatable bonds is 4. The van der Waals surface area contributed by atoms with Crippen LogP contribution >= 0.6 is 46.6 Å². The SMILES string of the molecule is Cn1nnnc1SCC1c2cc(O)c(O)cc2CCN1C(=O)OCC(Cl)(Cl)Cl. The average molecular weight is 469 g/mol. The first kappa shape index (κ1) is 21.1. The van der Waals surface area contributed by atoms with Gasteiger partial charge in [0.05, 0.1) is 6.04 Å². The fourth-order valence-corrected chi connectivity index (χ4v) is 4.00. The van der Waals surface area contributed by atoms with Gasteiger partial charge in [0.1, 0.15) is 6.61 Å². The summed E-state index contributed by atoms with van der Waals surface area (Å²) < 4.78 is 4.92. The van der Waals surface area contributed by atoms with E-state index in [1.807, 2.05) is 0 Å². The van der Waals surface area contributed by atoms with Crippen molar-refractivity contribution < 1.29 is 19.7 Å². The van der Waals surface area contributed by atoms with E-state index in [2.05, 4.69) is 15.5 Å². The van der Waals surface area contributed by atoms with Crippen LogP contribution < -0.4 is 0 Å². The lowest BCUT2D eigenvalue weighted by Gasteiger charge is -2.36. The molecule has 2 aromatic rings. The van der Waals surface area contributed by atoms with Crippen molar-refractivity contribution in [3.63, 3.8) is 0 Å². The minimum absolute atomic E-state index is 0.213. The highest BCUT2D eigenvalue weighted by Crippen LogP contribution is 2.39. The van der Waals surface area contributed by atoms with Gasteiger partial charge in [-0.25, -0.2) is 9.48 Å². The number of aryl methyl sites for hydroxylation is 1. The molecule has 9 nitrogen and oxygen atoms in total. The topological polar surface area (TPSA) is 114 Å². The average Bonchev–Trinajstić information content (AvgIpc) is 3.03. The summed E-state index contributed by atoms with van der Waals surface area (Å²) in [5, 5.41) is 31.6. The van der Waals surface area contributed by atoms with Gasteiger partial charge < -0.3 is 14.9 Å². The second-order valence-electron chi connectivity index (χ2n) is 6.06. The van der Waals surface area contributed by atoms with E-state index < -0.39 is 22.5 Å². The number of carbonyl (C=O) groups is 1. The second kappa shape index (κ2) is 8.40. The number of amides is 1. The summed E-state index contributed by atoms with van der Waals surface area (Å²) in [6.45, 7) is -0.0635. The number of hydrogen-bond donors (Lipinski definition) is 2. The second-order valence-corrected chi connectivity index (χ2v) is 9.57. The van der Waals surface area contributed by atoms with Gasteiger partial charge in [-0.3, -0.25) is 4.90 Å². The van der Waals surface area contributed by atoms with E-state index in [0.29, 0.717) is 29.4 Å². The summed E-state index contributed by atoms with van der Waals surface area (Å²) in [7, 11) is 1.70. The molecule has 0 saturated heterocycles. The molecule has 2 N–H and O–H groups in total. The summed E-state index contributed by atoms with van der Waals surface area (Å²) in [4.78, 5) is 14.1. The maximum atomic E-state index is 12.6. The lowest BCUT2D eigenvalue weighted by Crippen LogP contribution is -2.42. The molecule has 1 aliphatic rings. The lowest BCUT2D eigenvalue weighted by molar-refractivity contribution is 0.0881. The monoisotopic (exact) mass is 467 g/mol. The van der Waals surface area contributed by atoms with E-state index in [9.17, 15) is 15.0 Å². The van der Waals surface area contributed by atoms with Crippen molar-refractivity contribution in [1.82, 2.24) is 25.1 Å². The van der Waals surface area contributed by atoms with Gasteiger partial charge in [0, 0.05) is 19.3 Å². The Kier molecular flexibility index (Phi) is 6.33. The van der Waals surface area contributed by atoms with Crippen molar-refractivity contribution >= 4 is 52.7 Å². The Hall–Kier alpha value is -1.62. The van der Waals surface area contributed by atoms with Gasteiger partial charge in [-0.05, 0) is 40.1 Å². The molecular formula is C15H16Cl3N5O4S. The zero-order valence-electron chi connectivity index (χ0n) is 14.5. The number of aromatic hydroxyl groups is 2. The van der Waals surface area contributed by atoms with Crippen LogP contribution in [0, 0.1) is 0 Å². The largest absolute Gasteiger partial charge is 0.504 e. The third-order valence-corrected chi connectivity index (χ3v) is 5.55. The Labute approximate surface area is 179 Å². The van der Waals surface area contributed by atoms with Crippen LogP contribution in [0.3, 0.4) is 0 Å². The molecule has 0 bridgehead atoms. The number of fused-ring (bicyclic) bond motifs is 1. The molecule has 0 aliphatic carbocycles. The van der Waals surface area contributed by atoms with Crippen LogP contribution in [0.1, 0.15) is 17.2 Å². The minimum atomic E-state index is -1.72. The molecule has 1 aromatic carbocycles. The quantitative estimate of drug-likeness (QED) is 0.400. The zero-order valence-corrected chi connectivity index (χ0v) is 17.6. The third kappa shape index (κ3) is 4.86. The molecule has 0 radical (unpaired) electrons. The van der Waals surface area contributed by atoms with Gasteiger partial charge in [0.25, 0.3) is 0 Å². The Morgan fingerprint density at radius 3 is 2.71 bits per heavy atom. The van der Waals surface area contributed by atoms with E-state index in [-0.39, 0.29) is 11.5 Å². The van der Waals surface area contributed by atoms with Crippen molar-refractivity contribution in [2.75, 3.05) is 18.9 Å². The zero-order chi connectivity index (χ0) is 20.5. The summed E-state index contributed by atoms with van der Waals surface area (Å²) in [6.07, 6.45) is -0.176. The highest BCUT2D eigenvalue weighted by Gasteiger charge is 2.34. The fourth-order valence-electron chi connectivity index (χ4n) is 2.85. The van der Waals surface area contributed by atoms with Crippen molar-refractivity contribution in [3.8, 4) is 11.5 Å². The van der Waals surface area contributed by atoms with E-state index in [1.54, 1.807) is 7.05 Å². The van der Waals surface area contributed by atoms with Gasteiger partial charge in [-0.2, -0.15) is 0 Å². The number of thioether (sulfide) groups is 1.